The van der Waals surface area contributed by atoms with Crippen molar-refractivity contribution in [2.45, 2.75) is 19.1 Å². The fourth-order valence-corrected chi connectivity index (χ4v) is 7.12. The molecule has 29 heteroatoms. The van der Waals surface area contributed by atoms with E-state index in [-0.39, 0.29) is 39.5 Å². The SMILES string of the molecule is COCCOCCOCCOCCOCCOCCOCCOCCOCCOCCOCCOc1ccc(CC(NC(=O)OCc2ccccc2)C(=O)O)cc1OCCOCCOCCOCCOCCOCCOCCOCCOCCOCCOCCOC. The molecular formula is C63H109NO28. The van der Waals surface area contributed by atoms with Gasteiger partial charge in [-0.15, -0.1) is 0 Å². The van der Waals surface area contributed by atoms with Crippen molar-refractivity contribution in [1.29, 1.82) is 0 Å². The van der Waals surface area contributed by atoms with Crippen LogP contribution in [0, 0.1) is 0 Å². The number of nitrogens with one attached hydrogen (secondary N) is 1. The molecule has 2 aromatic carbocycles. The number of aliphatic carboxylic acids is 1. The van der Waals surface area contributed by atoms with Crippen molar-refractivity contribution in [1.82, 2.24) is 5.32 Å². The number of amides is 1. The monoisotopic (exact) mass is 1330 g/mol. The van der Waals surface area contributed by atoms with Crippen molar-refractivity contribution in [3.05, 3.63) is 59.7 Å². The van der Waals surface area contributed by atoms with Gasteiger partial charge in [-0.2, -0.15) is 0 Å². The third-order valence-corrected chi connectivity index (χ3v) is 11.8. The number of carboxylic acids is 1. The molecule has 0 spiro atoms. The second kappa shape index (κ2) is 68.3. The van der Waals surface area contributed by atoms with Crippen LogP contribution in [0.1, 0.15) is 11.1 Å². The molecule has 2 aromatic rings. The summed E-state index contributed by atoms with van der Waals surface area (Å²) in [6.07, 6.45) is -0.908. The molecule has 1 amide bonds. The van der Waals surface area contributed by atoms with Crippen LogP contribution < -0.4 is 14.8 Å². The van der Waals surface area contributed by atoms with Crippen LogP contribution in [-0.2, 0) is 127 Å². The number of carbonyl (C=O) groups excluding carboxylic acids is 1. The van der Waals surface area contributed by atoms with Gasteiger partial charge in [-0.1, -0.05) is 36.4 Å². The van der Waals surface area contributed by atoms with Gasteiger partial charge >= 0.3 is 12.1 Å². The van der Waals surface area contributed by atoms with E-state index < -0.39 is 18.1 Å². The number of rotatable bonds is 74. The molecule has 92 heavy (non-hydrogen) atoms. The van der Waals surface area contributed by atoms with Gasteiger partial charge in [0.1, 0.15) is 25.9 Å². The summed E-state index contributed by atoms with van der Waals surface area (Å²) in [5.41, 5.74) is 1.34. The van der Waals surface area contributed by atoms with Gasteiger partial charge in [0.2, 0.25) is 0 Å². The lowest BCUT2D eigenvalue weighted by Crippen LogP contribution is -2.42. The first-order chi connectivity index (χ1) is 45.5. The van der Waals surface area contributed by atoms with E-state index in [0.717, 1.165) is 5.56 Å². The fourth-order valence-electron chi connectivity index (χ4n) is 7.12. The Balaban J connectivity index is 1.49. The summed E-state index contributed by atoms with van der Waals surface area (Å²) in [6.45, 7) is 19.4. The van der Waals surface area contributed by atoms with E-state index in [0.29, 0.717) is 281 Å². The zero-order valence-corrected chi connectivity index (χ0v) is 54.7. The Hall–Kier alpha value is -4.10. The predicted molar refractivity (Wildman–Crippen MR) is 332 cm³/mol. The number of benzene rings is 2. The van der Waals surface area contributed by atoms with Gasteiger partial charge in [0, 0.05) is 20.6 Å². The number of carboxylic acid groups (broad SMARTS) is 1. The van der Waals surface area contributed by atoms with Gasteiger partial charge in [-0.05, 0) is 23.3 Å². The van der Waals surface area contributed by atoms with Crippen LogP contribution in [0.25, 0.3) is 0 Å². The van der Waals surface area contributed by atoms with Crippen LogP contribution in [0.4, 0.5) is 4.79 Å². The Morgan fingerprint density at radius 3 is 0.826 bits per heavy atom. The molecule has 0 aliphatic rings. The summed E-state index contributed by atoms with van der Waals surface area (Å²) in [5.74, 6) is -0.456. The van der Waals surface area contributed by atoms with Gasteiger partial charge in [-0.25, -0.2) is 9.59 Å². The van der Waals surface area contributed by atoms with E-state index in [1.165, 1.54) is 0 Å². The van der Waals surface area contributed by atoms with Crippen molar-refractivity contribution >= 4 is 12.1 Å². The highest BCUT2D eigenvalue weighted by Gasteiger charge is 2.22. The highest BCUT2D eigenvalue weighted by atomic mass is 16.6. The number of carbonyl (C=O) groups is 2. The third kappa shape index (κ3) is 57.4. The lowest BCUT2D eigenvalue weighted by atomic mass is 10.1. The molecule has 0 aliphatic heterocycles. The Morgan fingerprint density at radius 1 is 0.315 bits per heavy atom. The van der Waals surface area contributed by atoms with Crippen molar-refractivity contribution in [2.24, 2.45) is 0 Å². The molecule has 1 unspecified atom stereocenters. The van der Waals surface area contributed by atoms with Gasteiger partial charge in [0.15, 0.2) is 11.5 Å². The first-order valence-electron chi connectivity index (χ1n) is 31.6. The van der Waals surface area contributed by atoms with Gasteiger partial charge in [0.25, 0.3) is 0 Å². The minimum Gasteiger partial charge on any atom is -0.487 e. The van der Waals surface area contributed by atoms with Crippen molar-refractivity contribution in [3.63, 3.8) is 0 Å². The largest absolute Gasteiger partial charge is 0.487 e. The van der Waals surface area contributed by atoms with Crippen LogP contribution in [0.2, 0.25) is 0 Å². The molecule has 534 valence electrons. The minimum atomic E-state index is -1.28. The Kier molecular flexibility index (Phi) is 62.3. The average molecular weight is 1330 g/mol. The molecule has 29 nitrogen and oxygen atoms in total. The first-order valence-corrected chi connectivity index (χ1v) is 31.6. The van der Waals surface area contributed by atoms with E-state index in [9.17, 15) is 14.7 Å². The lowest BCUT2D eigenvalue weighted by molar-refractivity contribution is -0.139. The second-order valence-corrected chi connectivity index (χ2v) is 19.0. The van der Waals surface area contributed by atoms with Crippen LogP contribution in [-0.4, -0.2) is 328 Å². The lowest BCUT2D eigenvalue weighted by Gasteiger charge is -2.17. The molecule has 2 N–H and O–H groups in total. The molecule has 1 atom stereocenters. The van der Waals surface area contributed by atoms with Gasteiger partial charge in [-0.3, -0.25) is 0 Å². The van der Waals surface area contributed by atoms with Crippen molar-refractivity contribution in [3.8, 4) is 11.5 Å². The maximum absolute atomic E-state index is 12.6. The van der Waals surface area contributed by atoms with Crippen LogP contribution in [0.15, 0.2) is 48.5 Å². The number of alkyl carbamates (subject to hydrolysis) is 1. The normalized spacial score (nSPS) is 11.8. The van der Waals surface area contributed by atoms with Crippen LogP contribution in [0.5, 0.6) is 11.5 Å². The van der Waals surface area contributed by atoms with E-state index >= 15 is 0 Å². The summed E-state index contributed by atoms with van der Waals surface area (Å²) in [6, 6.07) is 12.9. The standard InChI is InChI=1S/C63H109NO28/c1-68-10-12-70-14-16-72-18-20-74-22-24-76-26-28-78-30-32-80-34-36-82-38-40-84-42-44-86-46-48-88-50-52-90-60-9-8-58(54-59(62(65)66)64-63(67)92-56-57-6-4-3-5-7-57)55-61(60)91-53-51-89-49-47-87-45-43-85-41-39-83-37-35-81-33-31-79-29-27-77-25-23-75-21-19-73-17-15-71-13-11-69-2/h3-9,55,59H,10-54,56H2,1-2H3,(H,64,67)(H,65,66). The fraction of sp³-hybridized carbons (Fsp3) is 0.778. The first kappa shape index (κ1) is 84.0. The van der Waals surface area contributed by atoms with Gasteiger partial charge < -0.3 is 129 Å². The minimum absolute atomic E-state index is 0.00916. The van der Waals surface area contributed by atoms with Crippen molar-refractivity contribution < 1.29 is 133 Å². The van der Waals surface area contributed by atoms with E-state index in [4.69, 9.17) is 118 Å². The topological polar surface area (TPSA) is 297 Å². The molecular weight excluding hydrogens is 1220 g/mol. The highest BCUT2D eigenvalue weighted by Crippen LogP contribution is 2.29. The average Bonchev–Trinajstić information content (AvgIpc) is 2.52. The highest BCUT2D eigenvalue weighted by molar-refractivity contribution is 5.80. The summed E-state index contributed by atoms with van der Waals surface area (Å²) < 4.78 is 138. The number of methoxy groups -OCH3 is 2. The van der Waals surface area contributed by atoms with E-state index in [1.807, 2.05) is 18.2 Å². The molecule has 0 bridgehead atoms. The molecule has 0 aliphatic carbocycles. The molecule has 2 rings (SSSR count). The zero-order chi connectivity index (χ0) is 65.6. The summed E-state index contributed by atoms with van der Waals surface area (Å²) >= 11 is 0. The third-order valence-electron chi connectivity index (χ3n) is 11.8. The number of hydrogen-bond donors (Lipinski definition) is 2. The summed E-state index contributed by atoms with van der Waals surface area (Å²) in [7, 11) is 3.27. The number of hydrogen-bond acceptors (Lipinski definition) is 27. The molecule has 0 heterocycles. The molecule has 0 aromatic heterocycles. The predicted octanol–water partition coefficient (Wildman–Crippen LogP) is 2.99. The maximum Gasteiger partial charge on any atom is 0.408 e. The van der Waals surface area contributed by atoms with Crippen molar-refractivity contribution in [2.75, 3.05) is 305 Å². The Labute approximate surface area is 544 Å². The van der Waals surface area contributed by atoms with Crippen LogP contribution in [0.3, 0.4) is 0 Å². The van der Waals surface area contributed by atoms with Crippen LogP contribution >= 0.6 is 0 Å². The summed E-state index contributed by atoms with van der Waals surface area (Å²) in [5, 5.41) is 12.4. The Bertz CT molecular complexity index is 1870. The molecule has 0 saturated carbocycles. The molecule has 0 fully saturated rings. The summed E-state index contributed by atoms with van der Waals surface area (Å²) in [4.78, 5) is 24.8. The smallest absolute Gasteiger partial charge is 0.408 e. The van der Waals surface area contributed by atoms with Gasteiger partial charge in [0.05, 0.1) is 277 Å². The van der Waals surface area contributed by atoms with E-state index in [1.54, 1.807) is 44.6 Å². The number of ether oxygens (including phenoxy) is 25. The quantitative estimate of drug-likeness (QED) is 0.0900. The molecule has 0 saturated heterocycles. The Morgan fingerprint density at radius 2 is 0.565 bits per heavy atom. The molecule has 0 radical (unpaired) electrons. The second-order valence-electron chi connectivity index (χ2n) is 19.0. The van der Waals surface area contributed by atoms with E-state index in [2.05, 4.69) is 5.32 Å². The maximum atomic E-state index is 12.6. The zero-order valence-electron chi connectivity index (χ0n) is 54.7.